The van der Waals surface area contributed by atoms with Crippen LogP contribution in [0.2, 0.25) is 0 Å². The summed E-state index contributed by atoms with van der Waals surface area (Å²) in [6.45, 7) is 0. The average molecular weight is 774 g/mol. The summed E-state index contributed by atoms with van der Waals surface area (Å²) in [6.07, 6.45) is 0. The summed E-state index contributed by atoms with van der Waals surface area (Å²) < 4.78 is 16.5. The second kappa shape index (κ2) is 13.3. The highest BCUT2D eigenvalue weighted by Crippen LogP contribution is 2.62. The van der Waals surface area contributed by atoms with Gasteiger partial charge in [0.1, 0.15) is 0 Å². The Labute approximate surface area is 346 Å². The highest BCUT2D eigenvalue weighted by Gasteiger charge is 2.48. The molecule has 1 aliphatic carbocycles. The lowest BCUT2D eigenvalue weighted by Crippen LogP contribution is -2.28. The second-order valence-corrected chi connectivity index (χ2v) is 16.2. The van der Waals surface area contributed by atoms with Gasteiger partial charge >= 0.3 is 0 Å². The zero-order valence-corrected chi connectivity index (χ0v) is 32.7. The lowest BCUT2D eigenvalue weighted by atomic mass is 9.68. The number of anilines is 3. The molecule has 0 saturated carbocycles. The highest BCUT2D eigenvalue weighted by atomic mass is 32.1. The number of para-hydroxylation sites is 2. The van der Waals surface area contributed by atoms with Gasteiger partial charge in [0.15, 0.2) is 23.0 Å². The van der Waals surface area contributed by atoms with Gasteiger partial charge in [0.05, 0.1) is 16.8 Å². The summed E-state index contributed by atoms with van der Waals surface area (Å²) in [4.78, 5) is 2.33. The Morgan fingerprint density at radius 1 is 0.407 bits per heavy atom. The Kier molecular flexibility index (Phi) is 7.62. The van der Waals surface area contributed by atoms with Crippen molar-refractivity contribution in [1.82, 2.24) is 0 Å². The minimum absolute atomic E-state index is 0.527. The summed E-state index contributed by atoms with van der Waals surface area (Å²) in [7, 11) is 0. The van der Waals surface area contributed by atoms with Gasteiger partial charge in [-0.1, -0.05) is 164 Å². The first kappa shape index (κ1) is 33.7. The molecule has 1 aliphatic heterocycles. The van der Waals surface area contributed by atoms with E-state index in [-0.39, 0.29) is 0 Å². The molecule has 3 nitrogen and oxygen atoms in total. The molecule has 0 fully saturated rings. The van der Waals surface area contributed by atoms with Gasteiger partial charge in [0.25, 0.3) is 0 Å². The van der Waals surface area contributed by atoms with Crippen LogP contribution in [0.5, 0.6) is 23.0 Å². The molecule has 0 saturated heterocycles. The first-order chi connectivity index (χ1) is 29.3. The molecule has 0 atom stereocenters. The number of hydrogen-bond acceptors (Lipinski definition) is 4. The van der Waals surface area contributed by atoms with E-state index in [1.165, 1.54) is 48.0 Å². The van der Waals surface area contributed by atoms with E-state index >= 15 is 0 Å². The molecule has 0 spiro atoms. The van der Waals surface area contributed by atoms with E-state index in [0.29, 0.717) is 17.2 Å². The molecule has 4 heteroatoms. The molecule has 0 bridgehead atoms. The predicted octanol–water partition coefficient (Wildman–Crippen LogP) is 15.5. The fraction of sp³-hybridized carbons (Fsp3) is 0.0182. The molecule has 278 valence electrons. The lowest BCUT2D eigenvalue weighted by molar-refractivity contribution is 0.360. The lowest BCUT2D eigenvalue weighted by Gasteiger charge is -2.34. The maximum atomic E-state index is 7.02. The van der Waals surface area contributed by atoms with Crippen molar-refractivity contribution in [2.45, 2.75) is 5.41 Å². The minimum Gasteiger partial charge on any atom is -0.449 e. The van der Waals surface area contributed by atoms with Gasteiger partial charge in [-0.15, -0.1) is 11.3 Å². The quantitative estimate of drug-likeness (QED) is 0.168. The Morgan fingerprint density at radius 3 is 1.83 bits per heavy atom. The van der Waals surface area contributed by atoms with Crippen LogP contribution in [0.1, 0.15) is 22.3 Å². The third-order valence-electron chi connectivity index (χ3n) is 12.0. The van der Waals surface area contributed by atoms with Crippen LogP contribution in [0.15, 0.2) is 212 Å². The van der Waals surface area contributed by atoms with E-state index in [0.717, 1.165) is 39.5 Å². The number of thiophene rings is 1. The Morgan fingerprint density at radius 2 is 1.03 bits per heavy atom. The number of hydrogen-bond donors (Lipinski definition) is 0. The van der Waals surface area contributed by atoms with E-state index in [1.807, 2.05) is 11.3 Å². The number of benzene rings is 9. The molecule has 12 rings (SSSR count). The predicted molar refractivity (Wildman–Crippen MR) is 243 cm³/mol. The number of fused-ring (bicyclic) bond motifs is 9. The molecule has 0 unspecified atom stereocenters. The fourth-order valence-electron chi connectivity index (χ4n) is 9.55. The zero-order chi connectivity index (χ0) is 38.9. The van der Waals surface area contributed by atoms with Crippen LogP contribution in [-0.2, 0) is 5.41 Å². The van der Waals surface area contributed by atoms with E-state index in [2.05, 4.69) is 217 Å². The van der Waals surface area contributed by atoms with Gasteiger partial charge < -0.3 is 14.4 Å². The van der Waals surface area contributed by atoms with Crippen LogP contribution < -0.4 is 14.4 Å². The summed E-state index contributed by atoms with van der Waals surface area (Å²) >= 11 is 1.85. The van der Waals surface area contributed by atoms with Crippen molar-refractivity contribution in [2.75, 3.05) is 4.90 Å². The standard InChI is InChI=1S/C55H35NO2S/c1-4-17-36(18-5-1)55(37-19-6-2-7-20-37)45-28-13-10-25-44(45)52-46(55)32-34-49-53(52)58-48-33-31-39(35-50(48)57-49)56(38-21-8-3-9-22-38)47-29-14-11-23-40(47)42-26-16-27-43-41-24-12-15-30-51(41)59-54(42)43/h1-35H. The first-order valence-electron chi connectivity index (χ1n) is 20.0. The van der Waals surface area contributed by atoms with E-state index in [4.69, 9.17) is 9.47 Å². The van der Waals surface area contributed by atoms with Gasteiger partial charge in [0, 0.05) is 48.6 Å². The molecular formula is C55H35NO2S. The number of rotatable bonds is 6. The molecule has 9 aromatic carbocycles. The van der Waals surface area contributed by atoms with Crippen molar-refractivity contribution in [3.8, 4) is 45.3 Å². The molecule has 2 heterocycles. The van der Waals surface area contributed by atoms with E-state index < -0.39 is 5.41 Å². The van der Waals surface area contributed by atoms with Crippen molar-refractivity contribution in [2.24, 2.45) is 0 Å². The van der Waals surface area contributed by atoms with Crippen LogP contribution >= 0.6 is 11.3 Å². The highest BCUT2D eigenvalue weighted by molar-refractivity contribution is 7.26. The van der Waals surface area contributed by atoms with Crippen molar-refractivity contribution in [3.63, 3.8) is 0 Å². The molecule has 59 heavy (non-hydrogen) atoms. The van der Waals surface area contributed by atoms with Gasteiger partial charge in [-0.2, -0.15) is 0 Å². The third kappa shape index (κ3) is 5.07. The fourth-order valence-corrected chi connectivity index (χ4v) is 10.8. The largest absolute Gasteiger partial charge is 0.449 e. The molecule has 1 aromatic heterocycles. The average Bonchev–Trinajstić information content (AvgIpc) is 3.84. The van der Waals surface area contributed by atoms with Crippen molar-refractivity contribution >= 4 is 48.6 Å². The van der Waals surface area contributed by atoms with Crippen molar-refractivity contribution in [1.29, 1.82) is 0 Å². The minimum atomic E-state index is -0.527. The van der Waals surface area contributed by atoms with Gasteiger partial charge in [-0.05, 0) is 70.3 Å². The molecule has 10 aromatic rings. The van der Waals surface area contributed by atoms with Crippen molar-refractivity contribution in [3.05, 3.63) is 235 Å². The van der Waals surface area contributed by atoms with Crippen LogP contribution in [0.3, 0.4) is 0 Å². The topological polar surface area (TPSA) is 21.7 Å². The molecule has 0 N–H and O–H groups in total. The summed E-state index contributed by atoms with van der Waals surface area (Å²) in [5.74, 6) is 2.79. The summed E-state index contributed by atoms with van der Waals surface area (Å²) in [5.41, 5.74) is 12.0. The maximum absolute atomic E-state index is 7.02. The van der Waals surface area contributed by atoms with Crippen LogP contribution in [-0.4, -0.2) is 0 Å². The summed E-state index contributed by atoms with van der Waals surface area (Å²) in [6, 6.07) is 75.7. The van der Waals surface area contributed by atoms with Crippen LogP contribution in [0.4, 0.5) is 17.1 Å². The monoisotopic (exact) mass is 773 g/mol. The van der Waals surface area contributed by atoms with Gasteiger partial charge in [-0.3, -0.25) is 0 Å². The van der Waals surface area contributed by atoms with E-state index in [1.54, 1.807) is 0 Å². The Bertz CT molecular complexity index is 3190. The third-order valence-corrected chi connectivity index (χ3v) is 13.2. The molecule has 2 aliphatic rings. The summed E-state index contributed by atoms with van der Waals surface area (Å²) in [5, 5.41) is 2.57. The van der Waals surface area contributed by atoms with E-state index in [9.17, 15) is 0 Å². The van der Waals surface area contributed by atoms with Gasteiger partial charge in [0.2, 0.25) is 0 Å². The maximum Gasteiger partial charge on any atom is 0.178 e. The number of ether oxygens (including phenoxy) is 2. The normalized spacial score (nSPS) is 13.2. The van der Waals surface area contributed by atoms with Crippen LogP contribution in [0.25, 0.3) is 42.4 Å². The smallest absolute Gasteiger partial charge is 0.178 e. The SMILES string of the molecule is c1ccc(N(c2ccc3c(c2)Oc2ccc4c(c2O3)-c2ccccc2C4(c2ccccc2)c2ccccc2)c2ccccc2-c2cccc3c2sc2ccccc23)cc1. The van der Waals surface area contributed by atoms with Crippen molar-refractivity contribution < 1.29 is 9.47 Å². The molecule has 0 radical (unpaired) electrons. The number of nitrogens with zero attached hydrogens (tertiary/aromatic N) is 1. The first-order valence-corrected chi connectivity index (χ1v) is 20.8. The Hall–Kier alpha value is -7.40. The second-order valence-electron chi connectivity index (χ2n) is 15.1. The zero-order valence-electron chi connectivity index (χ0n) is 31.9. The van der Waals surface area contributed by atoms with Crippen LogP contribution in [0, 0.1) is 0 Å². The Balaban J connectivity index is 1.00. The molecule has 0 amide bonds. The molecular weight excluding hydrogens is 739 g/mol. The van der Waals surface area contributed by atoms with Gasteiger partial charge in [-0.25, -0.2) is 0 Å².